The third-order valence-corrected chi connectivity index (χ3v) is 6.22. The lowest BCUT2D eigenvalue weighted by atomic mass is 9.97. The number of likely N-dealkylation sites (tertiary alicyclic amines) is 1. The molecule has 0 N–H and O–H groups in total. The standard InChI is InChI=1S/C26H34N4O2.ClH/c1-17(2)16-32-23-10-9-20(5)27-25(23)26(31)30-11-7-6-8-22(30)13-21-15-29-14-19(4)18(3)12-24(29)28-21;/h9-10,12,14-15,17,22H,6-8,11,13,16H2,1-5H3;1H/t22-;/m0./s1. The number of fused-ring (bicyclic) bond motifs is 1. The van der Waals surface area contributed by atoms with Gasteiger partial charge in [-0.1, -0.05) is 13.8 Å². The predicted molar refractivity (Wildman–Crippen MR) is 134 cm³/mol. The van der Waals surface area contributed by atoms with E-state index in [9.17, 15) is 4.79 Å². The van der Waals surface area contributed by atoms with Crippen molar-refractivity contribution < 1.29 is 9.53 Å². The largest absolute Gasteiger partial charge is 0.491 e. The minimum Gasteiger partial charge on any atom is -0.491 e. The van der Waals surface area contributed by atoms with Crippen molar-refractivity contribution in [3.63, 3.8) is 0 Å². The van der Waals surface area contributed by atoms with Gasteiger partial charge < -0.3 is 14.0 Å². The molecule has 1 aliphatic heterocycles. The van der Waals surface area contributed by atoms with Crippen LogP contribution < -0.4 is 4.74 Å². The Labute approximate surface area is 202 Å². The van der Waals surface area contributed by atoms with Gasteiger partial charge >= 0.3 is 0 Å². The van der Waals surface area contributed by atoms with Gasteiger partial charge in [0.05, 0.1) is 12.3 Å². The van der Waals surface area contributed by atoms with Crippen molar-refractivity contribution in [2.75, 3.05) is 13.2 Å². The number of amides is 1. The number of aromatic nitrogens is 3. The molecule has 1 amide bonds. The number of imidazole rings is 1. The van der Waals surface area contributed by atoms with Crippen molar-refractivity contribution in [2.24, 2.45) is 5.92 Å². The molecule has 0 aromatic carbocycles. The molecule has 0 spiro atoms. The van der Waals surface area contributed by atoms with E-state index in [2.05, 4.69) is 55.5 Å². The molecule has 1 saturated heterocycles. The van der Waals surface area contributed by atoms with E-state index in [-0.39, 0.29) is 24.4 Å². The number of carbonyl (C=O) groups is 1. The second-order valence-corrected chi connectivity index (χ2v) is 9.49. The number of halogens is 1. The van der Waals surface area contributed by atoms with E-state index in [1.54, 1.807) is 0 Å². The minimum absolute atomic E-state index is 0. The van der Waals surface area contributed by atoms with E-state index in [1.165, 1.54) is 11.1 Å². The Morgan fingerprint density at radius 2 is 1.91 bits per heavy atom. The third-order valence-electron chi connectivity index (χ3n) is 6.22. The summed E-state index contributed by atoms with van der Waals surface area (Å²) in [6.45, 7) is 11.6. The molecule has 0 saturated carbocycles. The Morgan fingerprint density at radius 3 is 2.67 bits per heavy atom. The molecule has 6 nitrogen and oxygen atoms in total. The van der Waals surface area contributed by atoms with Gasteiger partial charge in [0.1, 0.15) is 5.65 Å². The van der Waals surface area contributed by atoms with Gasteiger partial charge in [-0.05, 0) is 75.3 Å². The highest BCUT2D eigenvalue weighted by molar-refractivity contribution is 5.95. The molecule has 178 valence electrons. The number of rotatable bonds is 6. The first-order valence-corrected chi connectivity index (χ1v) is 11.7. The van der Waals surface area contributed by atoms with Crippen LogP contribution in [0.2, 0.25) is 0 Å². The van der Waals surface area contributed by atoms with Crippen LogP contribution in [0.5, 0.6) is 5.75 Å². The van der Waals surface area contributed by atoms with Gasteiger partial charge in [0.2, 0.25) is 0 Å². The molecule has 4 heterocycles. The minimum atomic E-state index is -0.0346. The Hall–Kier alpha value is -2.60. The number of hydrogen-bond acceptors (Lipinski definition) is 4. The van der Waals surface area contributed by atoms with E-state index in [0.717, 1.165) is 49.3 Å². The number of ether oxygens (including phenoxy) is 1. The first-order valence-electron chi connectivity index (χ1n) is 11.7. The van der Waals surface area contributed by atoms with E-state index in [0.29, 0.717) is 24.0 Å². The Kier molecular flexibility index (Phi) is 8.01. The molecule has 1 fully saturated rings. The molecule has 0 bridgehead atoms. The number of carbonyl (C=O) groups excluding carboxylic acids is 1. The zero-order valence-electron chi connectivity index (χ0n) is 20.3. The topological polar surface area (TPSA) is 59.7 Å². The average Bonchev–Trinajstić information content (AvgIpc) is 3.13. The van der Waals surface area contributed by atoms with Crippen molar-refractivity contribution in [1.29, 1.82) is 0 Å². The number of hydrogen-bond donors (Lipinski definition) is 0. The van der Waals surface area contributed by atoms with Crippen molar-refractivity contribution >= 4 is 24.0 Å². The predicted octanol–water partition coefficient (Wildman–Crippen LogP) is 5.35. The van der Waals surface area contributed by atoms with Gasteiger partial charge in [0.25, 0.3) is 5.91 Å². The normalized spacial score (nSPS) is 16.2. The molecule has 3 aromatic rings. The molecule has 1 aliphatic rings. The van der Waals surface area contributed by atoms with Gasteiger partial charge in [0.15, 0.2) is 11.4 Å². The van der Waals surface area contributed by atoms with Gasteiger partial charge in [-0.2, -0.15) is 0 Å². The Morgan fingerprint density at radius 1 is 1.12 bits per heavy atom. The summed E-state index contributed by atoms with van der Waals surface area (Å²) >= 11 is 0. The third kappa shape index (κ3) is 5.67. The smallest absolute Gasteiger partial charge is 0.276 e. The summed E-state index contributed by atoms with van der Waals surface area (Å²) in [6, 6.07) is 6.02. The maximum Gasteiger partial charge on any atom is 0.276 e. The average molecular weight is 471 g/mol. The van der Waals surface area contributed by atoms with Crippen LogP contribution >= 0.6 is 12.4 Å². The molecule has 1 atom stereocenters. The van der Waals surface area contributed by atoms with Crippen molar-refractivity contribution in [2.45, 2.75) is 66.3 Å². The summed E-state index contributed by atoms with van der Waals surface area (Å²) in [5.41, 5.74) is 5.72. The first kappa shape index (κ1) is 25.0. The highest BCUT2D eigenvalue weighted by Gasteiger charge is 2.31. The van der Waals surface area contributed by atoms with Crippen LogP contribution in [0.3, 0.4) is 0 Å². The highest BCUT2D eigenvalue weighted by Crippen LogP contribution is 2.26. The molecule has 0 unspecified atom stereocenters. The van der Waals surface area contributed by atoms with Crippen LogP contribution in [0.1, 0.15) is 66.1 Å². The number of pyridine rings is 2. The fourth-order valence-corrected chi connectivity index (χ4v) is 4.31. The van der Waals surface area contributed by atoms with Crippen molar-refractivity contribution in [1.82, 2.24) is 19.3 Å². The maximum absolute atomic E-state index is 13.6. The lowest BCUT2D eigenvalue weighted by Crippen LogP contribution is -2.45. The summed E-state index contributed by atoms with van der Waals surface area (Å²) in [5, 5.41) is 0. The summed E-state index contributed by atoms with van der Waals surface area (Å²) < 4.78 is 8.05. The summed E-state index contributed by atoms with van der Waals surface area (Å²) in [5.74, 6) is 0.925. The Balaban J connectivity index is 0.00000306. The number of piperidine rings is 1. The van der Waals surface area contributed by atoms with E-state index in [1.807, 2.05) is 24.0 Å². The Bertz CT molecular complexity index is 1090. The lowest BCUT2D eigenvalue weighted by Gasteiger charge is -2.35. The molecule has 0 radical (unpaired) electrons. The molecule has 0 aliphatic carbocycles. The van der Waals surface area contributed by atoms with Gasteiger partial charge in [-0.25, -0.2) is 9.97 Å². The van der Waals surface area contributed by atoms with Crippen LogP contribution in [0.15, 0.2) is 30.6 Å². The van der Waals surface area contributed by atoms with E-state index in [4.69, 9.17) is 9.72 Å². The molecular weight excluding hydrogens is 436 g/mol. The molecule has 3 aromatic heterocycles. The van der Waals surface area contributed by atoms with Gasteiger partial charge in [-0.15, -0.1) is 12.4 Å². The molecule has 7 heteroatoms. The van der Waals surface area contributed by atoms with Gasteiger partial charge in [-0.3, -0.25) is 4.79 Å². The SMILES string of the molecule is Cc1ccc(OCC(C)C)c(C(=O)N2CCCC[C@H]2Cc2cn3cc(C)c(C)cc3n2)n1.Cl. The molecule has 33 heavy (non-hydrogen) atoms. The van der Waals surface area contributed by atoms with E-state index >= 15 is 0 Å². The van der Waals surface area contributed by atoms with Gasteiger partial charge in [0, 0.05) is 37.1 Å². The fraction of sp³-hybridized carbons (Fsp3) is 0.500. The van der Waals surface area contributed by atoms with Crippen LogP contribution in [-0.4, -0.2) is 44.4 Å². The maximum atomic E-state index is 13.6. The zero-order chi connectivity index (χ0) is 22.8. The summed E-state index contributed by atoms with van der Waals surface area (Å²) in [7, 11) is 0. The summed E-state index contributed by atoms with van der Waals surface area (Å²) in [6.07, 6.45) is 8.09. The van der Waals surface area contributed by atoms with Crippen LogP contribution in [0, 0.1) is 26.7 Å². The van der Waals surface area contributed by atoms with Crippen LogP contribution in [0.25, 0.3) is 5.65 Å². The first-order chi connectivity index (χ1) is 15.3. The number of aryl methyl sites for hydroxylation is 3. The monoisotopic (exact) mass is 470 g/mol. The second-order valence-electron chi connectivity index (χ2n) is 9.49. The molecular formula is C26H35ClN4O2. The molecule has 4 rings (SSSR count). The summed E-state index contributed by atoms with van der Waals surface area (Å²) in [4.78, 5) is 25.1. The van der Waals surface area contributed by atoms with Crippen LogP contribution in [0.4, 0.5) is 0 Å². The lowest BCUT2D eigenvalue weighted by molar-refractivity contribution is 0.0600. The quantitative estimate of drug-likeness (QED) is 0.487. The van der Waals surface area contributed by atoms with E-state index < -0.39 is 0 Å². The number of nitrogens with zero attached hydrogens (tertiary/aromatic N) is 4. The van der Waals surface area contributed by atoms with Crippen molar-refractivity contribution in [3.8, 4) is 5.75 Å². The highest BCUT2D eigenvalue weighted by atomic mass is 35.5. The zero-order valence-corrected chi connectivity index (χ0v) is 21.1. The second kappa shape index (κ2) is 10.6. The fourth-order valence-electron chi connectivity index (χ4n) is 4.31. The van der Waals surface area contributed by atoms with Crippen LogP contribution in [-0.2, 0) is 6.42 Å². The van der Waals surface area contributed by atoms with Crippen molar-refractivity contribution in [3.05, 3.63) is 58.8 Å².